The van der Waals surface area contributed by atoms with E-state index in [9.17, 15) is 0 Å². The SMILES string of the molecule is c1ccc2c(c1)nc1n2O1. The zero-order chi connectivity index (χ0) is 6.55. The van der Waals surface area contributed by atoms with Crippen molar-refractivity contribution in [2.24, 2.45) is 0 Å². The zero-order valence-electron chi connectivity index (χ0n) is 5.11. The van der Waals surface area contributed by atoms with Crippen molar-refractivity contribution in [1.82, 2.24) is 9.71 Å². The fourth-order valence-electron chi connectivity index (χ4n) is 1.11. The molecular weight excluding hydrogens is 128 g/mol. The Morgan fingerprint density at radius 1 is 1.30 bits per heavy atom. The Hall–Kier alpha value is -1.51. The van der Waals surface area contributed by atoms with Crippen molar-refractivity contribution < 1.29 is 4.84 Å². The smallest absolute Gasteiger partial charge is 0.327 e. The highest BCUT2D eigenvalue weighted by Gasteiger charge is 2.24. The molecule has 0 unspecified atom stereocenters. The molecule has 2 heterocycles. The Bertz CT molecular complexity index is 405. The third-order valence-corrected chi connectivity index (χ3v) is 1.63. The molecule has 48 valence electrons. The lowest BCUT2D eigenvalue weighted by molar-refractivity contribution is 0.448. The topological polar surface area (TPSA) is 30.4 Å². The second kappa shape index (κ2) is 1.16. The summed E-state index contributed by atoms with van der Waals surface area (Å²) in [5.74, 6) is 0. The van der Waals surface area contributed by atoms with Gasteiger partial charge in [0.2, 0.25) is 0 Å². The van der Waals surface area contributed by atoms with E-state index in [2.05, 4.69) is 4.98 Å². The van der Waals surface area contributed by atoms with Crippen LogP contribution in [0.3, 0.4) is 0 Å². The number of nitrogens with zero attached hydrogens (tertiary/aromatic N) is 2. The summed E-state index contributed by atoms with van der Waals surface area (Å²) in [6, 6.07) is 8.62. The lowest BCUT2D eigenvalue weighted by Crippen LogP contribution is -1.78. The number of para-hydroxylation sites is 2. The van der Waals surface area contributed by atoms with Gasteiger partial charge >= 0.3 is 6.01 Å². The van der Waals surface area contributed by atoms with Crippen LogP contribution in [-0.4, -0.2) is 9.71 Å². The Balaban J connectivity index is 2.60. The first-order chi connectivity index (χ1) is 4.95. The molecular formula is C7H4N2O. The molecule has 2 aromatic rings. The lowest BCUT2D eigenvalue weighted by atomic mass is 10.3. The van der Waals surface area contributed by atoms with Gasteiger partial charge in [0.15, 0.2) is 0 Å². The first-order valence-electron chi connectivity index (χ1n) is 3.11. The molecule has 1 aliphatic heterocycles. The molecule has 0 spiro atoms. The molecule has 3 rings (SSSR count). The van der Waals surface area contributed by atoms with Gasteiger partial charge in [0.05, 0.1) is 5.52 Å². The molecule has 0 N–H and O–H groups in total. The highest BCUT2D eigenvalue weighted by atomic mass is 16.8. The largest absolute Gasteiger partial charge is 0.359 e. The monoisotopic (exact) mass is 132 g/mol. The van der Waals surface area contributed by atoms with Crippen molar-refractivity contribution in [2.75, 3.05) is 0 Å². The zero-order valence-corrected chi connectivity index (χ0v) is 5.11. The Labute approximate surface area is 56.8 Å². The van der Waals surface area contributed by atoms with Crippen LogP contribution >= 0.6 is 0 Å². The number of hydrogen-bond acceptors (Lipinski definition) is 2. The highest BCUT2D eigenvalue weighted by molar-refractivity contribution is 5.77. The van der Waals surface area contributed by atoms with Crippen molar-refractivity contribution in [1.29, 1.82) is 0 Å². The summed E-state index contributed by atoms with van der Waals surface area (Å²) in [4.78, 5) is 9.11. The third-order valence-electron chi connectivity index (χ3n) is 1.63. The second-order valence-corrected chi connectivity index (χ2v) is 2.27. The third kappa shape index (κ3) is 0.355. The van der Waals surface area contributed by atoms with E-state index in [-0.39, 0.29) is 0 Å². The van der Waals surface area contributed by atoms with Crippen molar-refractivity contribution in [3.8, 4) is 6.01 Å². The molecule has 0 radical (unpaired) electrons. The fraction of sp³-hybridized carbons (Fsp3) is 0. The molecule has 3 heteroatoms. The van der Waals surface area contributed by atoms with Crippen LogP contribution in [0.2, 0.25) is 0 Å². The van der Waals surface area contributed by atoms with Gasteiger partial charge < -0.3 is 4.84 Å². The van der Waals surface area contributed by atoms with E-state index >= 15 is 0 Å². The normalized spacial score (nSPS) is 12.8. The van der Waals surface area contributed by atoms with Crippen LogP contribution in [-0.2, 0) is 0 Å². The summed E-state index contributed by atoms with van der Waals surface area (Å²) < 4.78 is 1.72. The highest BCUT2D eigenvalue weighted by Crippen LogP contribution is 2.29. The van der Waals surface area contributed by atoms with E-state index in [1.807, 2.05) is 24.3 Å². The summed E-state index contributed by atoms with van der Waals surface area (Å²) in [6.07, 6.45) is 0. The Morgan fingerprint density at radius 3 is 3.10 bits per heavy atom. The first-order valence-corrected chi connectivity index (χ1v) is 3.11. The molecule has 1 aromatic carbocycles. The van der Waals surface area contributed by atoms with E-state index in [0.717, 1.165) is 17.0 Å². The van der Waals surface area contributed by atoms with Gasteiger partial charge in [0.1, 0.15) is 5.52 Å². The summed E-state index contributed by atoms with van der Waals surface area (Å²) in [5.41, 5.74) is 2.06. The van der Waals surface area contributed by atoms with Crippen molar-refractivity contribution in [3.05, 3.63) is 24.3 Å². The van der Waals surface area contributed by atoms with Crippen LogP contribution in [0.4, 0.5) is 0 Å². The van der Waals surface area contributed by atoms with Crippen molar-refractivity contribution in [2.45, 2.75) is 0 Å². The van der Waals surface area contributed by atoms with Gasteiger partial charge in [0, 0.05) is 0 Å². The lowest BCUT2D eigenvalue weighted by Gasteiger charge is -1.85. The summed E-state index contributed by atoms with van der Waals surface area (Å²) in [7, 11) is 0. The molecule has 1 aliphatic rings. The maximum atomic E-state index is 4.96. The van der Waals surface area contributed by atoms with E-state index < -0.39 is 0 Å². The molecule has 1 aromatic heterocycles. The predicted molar refractivity (Wildman–Crippen MR) is 35.8 cm³/mol. The molecule has 0 atom stereocenters. The summed E-state index contributed by atoms with van der Waals surface area (Å²) in [5, 5.41) is 0. The van der Waals surface area contributed by atoms with Gasteiger partial charge in [-0.05, 0) is 12.1 Å². The van der Waals surface area contributed by atoms with Gasteiger partial charge in [-0.3, -0.25) is 0 Å². The molecule has 0 bridgehead atoms. The number of benzene rings is 1. The van der Waals surface area contributed by atoms with Crippen molar-refractivity contribution >= 4 is 11.0 Å². The number of imidazole rings is 1. The molecule has 3 nitrogen and oxygen atoms in total. The van der Waals surface area contributed by atoms with Crippen LogP contribution in [0, 0.1) is 0 Å². The van der Waals surface area contributed by atoms with Gasteiger partial charge in [-0.25, -0.2) is 0 Å². The summed E-state index contributed by atoms with van der Waals surface area (Å²) >= 11 is 0. The van der Waals surface area contributed by atoms with Crippen LogP contribution in [0.1, 0.15) is 0 Å². The number of aromatic nitrogens is 2. The molecule has 0 aliphatic carbocycles. The van der Waals surface area contributed by atoms with E-state index in [0.29, 0.717) is 0 Å². The minimum absolute atomic E-state index is 0.723. The average molecular weight is 132 g/mol. The second-order valence-electron chi connectivity index (χ2n) is 2.27. The molecule has 0 amide bonds. The van der Waals surface area contributed by atoms with Gasteiger partial charge in [0.25, 0.3) is 0 Å². The van der Waals surface area contributed by atoms with Crippen molar-refractivity contribution in [3.63, 3.8) is 0 Å². The molecule has 10 heavy (non-hydrogen) atoms. The molecule has 0 fully saturated rings. The van der Waals surface area contributed by atoms with Crippen LogP contribution in [0.15, 0.2) is 24.3 Å². The maximum Gasteiger partial charge on any atom is 0.359 e. The minimum atomic E-state index is 0.723. The Morgan fingerprint density at radius 2 is 2.20 bits per heavy atom. The summed E-state index contributed by atoms with van der Waals surface area (Å²) in [6.45, 7) is 0. The van der Waals surface area contributed by atoms with Crippen LogP contribution in [0.5, 0.6) is 6.01 Å². The van der Waals surface area contributed by atoms with Crippen LogP contribution in [0.25, 0.3) is 11.0 Å². The van der Waals surface area contributed by atoms with Gasteiger partial charge in [-0.15, -0.1) is 4.73 Å². The van der Waals surface area contributed by atoms with E-state index in [4.69, 9.17) is 4.84 Å². The number of rotatable bonds is 0. The number of fused-ring (bicyclic) bond motifs is 3. The van der Waals surface area contributed by atoms with Gasteiger partial charge in [-0.2, -0.15) is 4.98 Å². The molecule has 0 saturated heterocycles. The Kier molecular flexibility index (Phi) is 0.502. The fourth-order valence-corrected chi connectivity index (χ4v) is 1.11. The van der Waals surface area contributed by atoms with E-state index in [1.165, 1.54) is 0 Å². The molecule has 0 saturated carbocycles. The average Bonchev–Trinajstić information content (AvgIpc) is 2.64. The maximum absolute atomic E-state index is 4.96. The van der Waals surface area contributed by atoms with Gasteiger partial charge in [-0.1, -0.05) is 12.1 Å². The minimum Gasteiger partial charge on any atom is -0.327 e. The first kappa shape index (κ1) is 4.33. The number of hydrogen-bond donors (Lipinski definition) is 0. The standard InChI is InChI=1S/C7H4N2O/c1-2-4-6-5(3-1)8-7-9(6)10-7/h1-4H. The predicted octanol–water partition coefficient (Wildman–Crippen LogP) is 1.19. The van der Waals surface area contributed by atoms with E-state index in [1.54, 1.807) is 4.73 Å². The van der Waals surface area contributed by atoms with Crippen LogP contribution < -0.4 is 4.84 Å². The quantitative estimate of drug-likeness (QED) is 0.430.